The summed E-state index contributed by atoms with van der Waals surface area (Å²) in [6.45, 7) is 0.725. The van der Waals surface area contributed by atoms with Crippen molar-refractivity contribution in [3.05, 3.63) is 57.3 Å². The number of hydrogen-bond acceptors (Lipinski definition) is 4. The SMILES string of the molecule is N#Cc1ccc(CNC(=O)c2csc(C#CCN)c2)cc1. The molecule has 0 aliphatic carbocycles. The number of nitrogens with one attached hydrogen (secondary N) is 1. The number of thiophene rings is 1. The van der Waals surface area contributed by atoms with Crippen molar-refractivity contribution in [2.45, 2.75) is 6.54 Å². The minimum Gasteiger partial charge on any atom is -0.348 e. The number of nitriles is 1. The lowest BCUT2D eigenvalue weighted by molar-refractivity contribution is 0.0951. The molecule has 0 atom stereocenters. The van der Waals surface area contributed by atoms with E-state index >= 15 is 0 Å². The fourth-order valence-corrected chi connectivity index (χ4v) is 2.40. The van der Waals surface area contributed by atoms with Gasteiger partial charge in [-0.2, -0.15) is 5.26 Å². The summed E-state index contributed by atoms with van der Waals surface area (Å²) in [5, 5.41) is 13.3. The fourth-order valence-electron chi connectivity index (χ4n) is 1.64. The van der Waals surface area contributed by atoms with Crippen LogP contribution in [0.2, 0.25) is 0 Å². The third kappa shape index (κ3) is 4.19. The Morgan fingerprint density at radius 1 is 1.33 bits per heavy atom. The van der Waals surface area contributed by atoms with Crippen molar-refractivity contribution in [3.8, 4) is 17.9 Å². The number of amides is 1. The summed E-state index contributed by atoms with van der Waals surface area (Å²) < 4.78 is 0. The highest BCUT2D eigenvalue weighted by Crippen LogP contribution is 2.13. The average Bonchev–Trinajstić information content (AvgIpc) is 3.00. The summed E-state index contributed by atoms with van der Waals surface area (Å²) in [7, 11) is 0. The van der Waals surface area contributed by atoms with E-state index in [1.54, 1.807) is 23.6 Å². The Bertz CT molecular complexity index is 729. The van der Waals surface area contributed by atoms with Gasteiger partial charge in [-0.15, -0.1) is 11.3 Å². The molecule has 21 heavy (non-hydrogen) atoms. The second kappa shape index (κ2) is 7.25. The van der Waals surface area contributed by atoms with Crippen LogP contribution in [0.1, 0.15) is 26.4 Å². The molecule has 3 N–H and O–H groups in total. The molecule has 1 heterocycles. The number of benzene rings is 1. The van der Waals surface area contributed by atoms with Gasteiger partial charge in [0.15, 0.2) is 0 Å². The molecular formula is C16H13N3OS. The lowest BCUT2D eigenvalue weighted by atomic mass is 10.1. The highest BCUT2D eigenvalue weighted by atomic mass is 32.1. The first-order valence-electron chi connectivity index (χ1n) is 6.27. The third-order valence-corrected chi connectivity index (χ3v) is 3.56. The van der Waals surface area contributed by atoms with E-state index in [2.05, 4.69) is 23.2 Å². The van der Waals surface area contributed by atoms with Crippen molar-refractivity contribution in [3.63, 3.8) is 0 Å². The summed E-state index contributed by atoms with van der Waals surface area (Å²) >= 11 is 1.42. The van der Waals surface area contributed by atoms with Crippen LogP contribution in [-0.4, -0.2) is 12.5 Å². The van der Waals surface area contributed by atoms with Gasteiger partial charge in [0.05, 0.1) is 28.6 Å². The van der Waals surface area contributed by atoms with Gasteiger partial charge >= 0.3 is 0 Å². The van der Waals surface area contributed by atoms with Crippen LogP contribution in [0.5, 0.6) is 0 Å². The van der Waals surface area contributed by atoms with Crippen molar-refractivity contribution in [1.29, 1.82) is 5.26 Å². The van der Waals surface area contributed by atoms with Gasteiger partial charge in [-0.25, -0.2) is 0 Å². The minimum absolute atomic E-state index is 0.142. The fraction of sp³-hybridized carbons (Fsp3) is 0.125. The predicted octanol–water partition coefficient (Wildman–Crippen LogP) is 1.86. The molecule has 2 rings (SSSR count). The van der Waals surface area contributed by atoms with Gasteiger partial charge < -0.3 is 11.1 Å². The number of carbonyl (C=O) groups excluding carboxylic acids is 1. The Morgan fingerprint density at radius 2 is 2.10 bits per heavy atom. The van der Waals surface area contributed by atoms with Gasteiger partial charge in [-0.05, 0) is 23.8 Å². The summed E-state index contributed by atoms with van der Waals surface area (Å²) in [5.41, 5.74) is 7.45. The average molecular weight is 295 g/mol. The van der Waals surface area contributed by atoms with E-state index in [0.717, 1.165) is 10.4 Å². The summed E-state index contributed by atoms with van der Waals surface area (Å²) in [6.07, 6.45) is 0. The molecule has 2 aromatic rings. The van der Waals surface area contributed by atoms with E-state index in [9.17, 15) is 4.79 Å². The first kappa shape index (κ1) is 14.8. The zero-order valence-corrected chi connectivity index (χ0v) is 12.0. The largest absolute Gasteiger partial charge is 0.348 e. The normalized spacial score (nSPS) is 9.33. The van der Waals surface area contributed by atoms with Crippen molar-refractivity contribution >= 4 is 17.2 Å². The predicted molar refractivity (Wildman–Crippen MR) is 82.6 cm³/mol. The molecule has 1 aromatic carbocycles. The van der Waals surface area contributed by atoms with E-state index < -0.39 is 0 Å². The topological polar surface area (TPSA) is 78.9 Å². The second-order valence-corrected chi connectivity index (χ2v) is 5.11. The Hall–Kier alpha value is -2.60. The molecule has 0 saturated carbocycles. The molecule has 0 fully saturated rings. The molecule has 0 aliphatic rings. The van der Waals surface area contributed by atoms with Crippen LogP contribution < -0.4 is 11.1 Å². The first-order chi connectivity index (χ1) is 10.2. The maximum absolute atomic E-state index is 12.0. The molecule has 0 bridgehead atoms. The first-order valence-corrected chi connectivity index (χ1v) is 7.15. The summed E-state index contributed by atoms with van der Waals surface area (Å²) in [5.74, 6) is 5.51. The van der Waals surface area contributed by atoms with Crippen LogP contribution in [0.4, 0.5) is 0 Å². The minimum atomic E-state index is -0.142. The molecule has 0 unspecified atom stereocenters. The molecule has 104 valence electrons. The number of nitrogens with two attached hydrogens (primary N) is 1. The van der Waals surface area contributed by atoms with E-state index in [1.807, 2.05) is 12.1 Å². The van der Waals surface area contributed by atoms with Gasteiger partial charge in [-0.3, -0.25) is 4.79 Å². The highest BCUT2D eigenvalue weighted by Gasteiger charge is 2.07. The second-order valence-electron chi connectivity index (χ2n) is 4.20. The number of nitrogens with zero attached hydrogens (tertiary/aromatic N) is 1. The zero-order valence-electron chi connectivity index (χ0n) is 11.2. The third-order valence-electron chi connectivity index (χ3n) is 2.71. The smallest absolute Gasteiger partial charge is 0.252 e. The van der Waals surface area contributed by atoms with Crippen molar-refractivity contribution in [1.82, 2.24) is 5.32 Å². The lowest BCUT2D eigenvalue weighted by Gasteiger charge is -2.03. The molecule has 4 nitrogen and oxygen atoms in total. The molecule has 1 amide bonds. The zero-order chi connectivity index (χ0) is 15.1. The number of rotatable bonds is 3. The molecule has 0 saturated heterocycles. The van der Waals surface area contributed by atoms with Gasteiger partial charge in [0.2, 0.25) is 0 Å². The lowest BCUT2D eigenvalue weighted by Crippen LogP contribution is -2.22. The highest BCUT2D eigenvalue weighted by molar-refractivity contribution is 7.10. The maximum atomic E-state index is 12.0. The molecule has 0 radical (unpaired) electrons. The van der Waals surface area contributed by atoms with Gasteiger partial charge in [-0.1, -0.05) is 24.0 Å². The Morgan fingerprint density at radius 3 is 2.76 bits per heavy atom. The van der Waals surface area contributed by atoms with E-state index in [4.69, 9.17) is 11.0 Å². The molecule has 5 heteroatoms. The maximum Gasteiger partial charge on any atom is 0.252 e. The van der Waals surface area contributed by atoms with Crippen LogP contribution in [0.15, 0.2) is 35.7 Å². The van der Waals surface area contributed by atoms with Crippen LogP contribution in [-0.2, 0) is 6.54 Å². The molecule has 1 aromatic heterocycles. The Kier molecular flexibility index (Phi) is 5.11. The molecule has 0 aliphatic heterocycles. The van der Waals surface area contributed by atoms with Crippen molar-refractivity contribution in [2.24, 2.45) is 5.73 Å². The van der Waals surface area contributed by atoms with E-state index in [1.165, 1.54) is 11.3 Å². The van der Waals surface area contributed by atoms with Crippen LogP contribution in [0.3, 0.4) is 0 Å². The summed E-state index contributed by atoms with van der Waals surface area (Å²) in [6, 6.07) is 10.9. The van der Waals surface area contributed by atoms with Gasteiger partial charge in [0.1, 0.15) is 0 Å². The number of carbonyl (C=O) groups is 1. The Labute approximate surface area is 127 Å². The molecule has 0 spiro atoms. The van der Waals surface area contributed by atoms with Crippen LogP contribution in [0.25, 0.3) is 0 Å². The standard InChI is InChI=1S/C16H13N3OS/c17-7-1-2-15-8-14(11-21-15)16(20)19-10-13-5-3-12(9-18)4-6-13/h3-6,8,11H,7,10,17H2,(H,19,20). The Balaban J connectivity index is 1.95. The van der Waals surface area contributed by atoms with Crippen LogP contribution in [0, 0.1) is 23.2 Å². The quantitative estimate of drug-likeness (QED) is 0.848. The van der Waals surface area contributed by atoms with Gasteiger partial charge in [0.25, 0.3) is 5.91 Å². The van der Waals surface area contributed by atoms with Crippen molar-refractivity contribution in [2.75, 3.05) is 6.54 Å². The summed E-state index contributed by atoms with van der Waals surface area (Å²) in [4.78, 5) is 12.8. The number of hydrogen-bond donors (Lipinski definition) is 2. The van der Waals surface area contributed by atoms with E-state index in [0.29, 0.717) is 24.2 Å². The van der Waals surface area contributed by atoms with Crippen molar-refractivity contribution < 1.29 is 4.79 Å². The monoisotopic (exact) mass is 295 g/mol. The van der Waals surface area contributed by atoms with Crippen LogP contribution >= 0.6 is 11.3 Å². The van der Waals surface area contributed by atoms with Gasteiger partial charge in [0, 0.05) is 11.9 Å². The van der Waals surface area contributed by atoms with E-state index in [-0.39, 0.29) is 5.91 Å². The molecular weight excluding hydrogens is 282 g/mol.